The minimum Gasteiger partial charge on any atom is -0.395 e. The van der Waals surface area contributed by atoms with E-state index in [9.17, 15) is 9.59 Å². The molecule has 2 atom stereocenters. The number of likely N-dealkylation sites (N-methyl/N-ethyl adjacent to an activating group) is 1. The number of carbonyl (C=O) groups is 2. The van der Waals surface area contributed by atoms with Crippen molar-refractivity contribution in [2.24, 2.45) is 0 Å². The molecule has 1 spiro atoms. The number of hydrogen-bond donors (Lipinski definition) is 0. The van der Waals surface area contributed by atoms with Crippen LogP contribution in [0.1, 0.15) is 16.5 Å². The van der Waals surface area contributed by atoms with E-state index < -0.39 is 18.1 Å². The zero-order valence-electron chi connectivity index (χ0n) is 13.0. The van der Waals surface area contributed by atoms with E-state index in [1.807, 2.05) is 47.8 Å². The van der Waals surface area contributed by atoms with Crippen LogP contribution in [0.25, 0.3) is 0 Å². The fourth-order valence-corrected chi connectivity index (χ4v) is 3.75. The molecule has 2 amide bonds. The highest BCUT2D eigenvalue weighted by Crippen LogP contribution is 2.43. The average Bonchev–Trinajstić information content (AvgIpc) is 3.25. The Morgan fingerprint density at radius 2 is 2.00 bits per heavy atom. The van der Waals surface area contributed by atoms with Crippen LogP contribution in [0.15, 0.2) is 47.8 Å². The standard InChI is InChI=1S/C17H16N2O4S/c1-18-11-17(23-16(18)21)19(10-12-6-3-2-4-7-12)15(20)14(22-17)13-8-5-9-24-13/h2-9,14H,10-11H2,1H3. The predicted molar refractivity (Wildman–Crippen MR) is 87.0 cm³/mol. The molecule has 2 aliphatic heterocycles. The highest BCUT2D eigenvalue weighted by Gasteiger charge is 2.60. The molecule has 24 heavy (non-hydrogen) atoms. The Hall–Kier alpha value is -2.38. The topological polar surface area (TPSA) is 59.1 Å². The molecule has 0 N–H and O–H groups in total. The smallest absolute Gasteiger partial charge is 0.395 e. The number of nitrogens with zero attached hydrogens (tertiary/aromatic N) is 2. The van der Waals surface area contributed by atoms with Gasteiger partial charge in [0.2, 0.25) is 0 Å². The van der Waals surface area contributed by atoms with Gasteiger partial charge in [0, 0.05) is 11.9 Å². The van der Waals surface area contributed by atoms with Gasteiger partial charge in [-0.25, -0.2) is 4.79 Å². The lowest BCUT2D eigenvalue weighted by Crippen LogP contribution is -2.49. The summed E-state index contributed by atoms with van der Waals surface area (Å²) in [5, 5.41) is 1.89. The van der Waals surface area contributed by atoms with Gasteiger partial charge >= 0.3 is 12.0 Å². The highest BCUT2D eigenvalue weighted by molar-refractivity contribution is 7.10. The summed E-state index contributed by atoms with van der Waals surface area (Å²) in [6.07, 6.45) is -1.24. The third-order valence-corrected chi connectivity index (χ3v) is 5.10. The maximum absolute atomic E-state index is 13.0. The van der Waals surface area contributed by atoms with Gasteiger partial charge in [0.15, 0.2) is 6.10 Å². The highest BCUT2D eigenvalue weighted by atomic mass is 32.1. The summed E-state index contributed by atoms with van der Waals surface area (Å²) in [6.45, 7) is 0.509. The molecule has 2 aliphatic rings. The molecule has 1 aromatic heterocycles. The monoisotopic (exact) mass is 344 g/mol. The third-order valence-electron chi connectivity index (χ3n) is 4.18. The Labute approximate surface area is 143 Å². The van der Waals surface area contributed by atoms with Crippen molar-refractivity contribution < 1.29 is 19.1 Å². The predicted octanol–water partition coefficient (Wildman–Crippen LogP) is 2.58. The molecular formula is C17H16N2O4S. The van der Waals surface area contributed by atoms with Crippen LogP contribution in [0, 0.1) is 0 Å². The molecule has 2 fully saturated rings. The molecule has 7 heteroatoms. The summed E-state index contributed by atoms with van der Waals surface area (Å²) in [5.74, 6) is -1.56. The first-order valence-electron chi connectivity index (χ1n) is 7.60. The zero-order valence-corrected chi connectivity index (χ0v) is 13.9. The summed E-state index contributed by atoms with van der Waals surface area (Å²) in [6, 6.07) is 13.3. The fraction of sp³-hybridized carbons (Fsp3) is 0.294. The number of ether oxygens (including phenoxy) is 2. The fourth-order valence-electron chi connectivity index (χ4n) is 3.00. The Kier molecular flexibility index (Phi) is 3.54. The van der Waals surface area contributed by atoms with Crippen LogP contribution in [0.4, 0.5) is 4.79 Å². The molecule has 0 saturated carbocycles. The van der Waals surface area contributed by atoms with Gasteiger partial charge in [0.1, 0.15) is 6.54 Å². The Balaban J connectivity index is 1.70. The van der Waals surface area contributed by atoms with Gasteiger partial charge < -0.3 is 14.4 Å². The first-order chi connectivity index (χ1) is 11.6. The van der Waals surface area contributed by atoms with Crippen LogP contribution in [0.5, 0.6) is 0 Å². The van der Waals surface area contributed by atoms with Crippen LogP contribution in [-0.4, -0.2) is 41.3 Å². The molecule has 2 unspecified atom stereocenters. The van der Waals surface area contributed by atoms with E-state index in [0.717, 1.165) is 10.4 Å². The third kappa shape index (κ3) is 2.37. The summed E-state index contributed by atoms with van der Waals surface area (Å²) < 4.78 is 11.5. The van der Waals surface area contributed by atoms with Gasteiger partial charge in [-0.1, -0.05) is 36.4 Å². The van der Waals surface area contributed by atoms with Crippen molar-refractivity contribution in [2.45, 2.75) is 18.6 Å². The average molecular weight is 344 g/mol. The van der Waals surface area contributed by atoms with E-state index in [2.05, 4.69) is 0 Å². The Morgan fingerprint density at radius 3 is 2.62 bits per heavy atom. The Bertz CT molecular complexity index is 764. The zero-order chi connectivity index (χ0) is 16.7. The first kappa shape index (κ1) is 15.2. The van der Waals surface area contributed by atoms with E-state index in [1.54, 1.807) is 7.05 Å². The SMILES string of the molecule is CN1CC2(OC1=O)OC(c1cccs1)C(=O)N2Cc1ccccc1. The van der Waals surface area contributed by atoms with Gasteiger partial charge in [0.25, 0.3) is 5.91 Å². The molecule has 124 valence electrons. The molecule has 6 nitrogen and oxygen atoms in total. The summed E-state index contributed by atoms with van der Waals surface area (Å²) >= 11 is 1.45. The second kappa shape index (κ2) is 5.61. The molecule has 1 aromatic carbocycles. The van der Waals surface area contributed by atoms with E-state index in [0.29, 0.717) is 6.54 Å². The number of amides is 2. The van der Waals surface area contributed by atoms with Crippen molar-refractivity contribution in [3.05, 3.63) is 58.3 Å². The first-order valence-corrected chi connectivity index (χ1v) is 8.48. The molecule has 2 saturated heterocycles. The van der Waals surface area contributed by atoms with Crippen molar-refractivity contribution in [3.63, 3.8) is 0 Å². The van der Waals surface area contributed by atoms with Crippen molar-refractivity contribution >= 4 is 23.3 Å². The van der Waals surface area contributed by atoms with Gasteiger partial charge in [-0.2, -0.15) is 0 Å². The minimum absolute atomic E-state index is 0.187. The number of thiophene rings is 1. The van der Waals surface area contributed by atoms with Crippen LogP contribution in [0.2, 0.25) is 0 Å². The molecule has 4 rings (SSSR count). The Morgan fingerprint density at radius 1 is 1.21 bits per heavy atom. The normalized spacial score (nSPS) is 26.5. The number of benzene rings is 1. The van der Waals surface area contributed by atoms with Gasteiger partial charge in [0.05, 0.1) is 6.54 Å². The number of rotatable bonds is 3. The molecular weight excluding hydrogens is 328 g/mol. The summed E-state index contributed by atoms with van der Waals surface area (Å²) in [5.41, 5.74) is 0.950. The number of hydrogen-bond acceptors (Lipinski definition) is 5. The van der Waals surface area contributed by atoms with Crippen LogP contribution < -0.4 is 0 Å². The van der Waals surface area contributed by atoms with E-state index in [-0.39, 0.29) is 12.5 Å². The van der Waals surface area contributed by atoms with Crippen LogP contribution >= 0.6 is 11.3 Å². The second-order valence-corrected chi connectivity index (χ2v) is 6.84. The number of carbonyl (C=O) groups excluding carboxylic acids is 2. The molecule has 2 aromatic rings. The molecule has 3 heterocycles. The van der Waals surface area contributed by atoms with Crippen molar-refractivity contribution in [3.8, 4) is 0 Å². The van der Waals surface area contributed by atoms with Gasteiger partial charge in [-0.15, -0.1) is 11.3 Å². The van der Waals surface area contributed by atoms with Crippen molar-refractivity contribution in [1.29, 1.82) is 0 Å². The van der Waals surface area contributed by atoms with Crippen LogP contribution in [0.3, 0.4) is 0 Å². The maximum atomic E-state index is 13.0. The molecule has 0 aliphatic carbocycles. The minimum atomic E-state index is -1.37. The summed E-state index contributed by atoms with van der Waals surface area (Å²) in [4.78, 5) is 28.6. The quantitative estimate of drug-likeness (QED) is 0.859. The van der Waals surface area contributed by atoms with Crippen LogP contribution in [-0.2, 0) is 20.8 Å². The van der Waals surface area contributed by atoms with Gasteiger partial charge in [-0.3, -0.25) is 9.69 Å². The van der Waals surface area contributed by atoms with Crippen molar-refractivity contribution in [1.82, 2.24) is 9.80 Å². The largest absolute Gasteiger partial charge is 0.413 e. The lowest BCUT2D eigenvalue weighted by Gasteiger charge is -2.30. The lowest BCUT2D eigenvalue weighted by molar-refractivity contribution is -0.232. The second-order valence-electron chi connectivity index (χ2n) is 5.86. The lowest BCUT2D eigenvalue weighted by atomic mass is 10.2. The van der Waals surface area contributed by atoms with E-state index >= 15 is 0 Å². The van der Waals surface area contributed by atoms with E-state index in [4.69, 9.17) is 9.47 Å². The van der Waals surface area contributed by atoms with Gasteiger partial charge in [-0.05, 0) is 17.0 Å². The maximum Gasteiger partial charge on any atom is 0.413 e. The summed E-state index contributed by atoms with van der Waals surface area (Å²) in [7, 11) is 1.63. The molecule has 0 bridgehead atoms. The van der Waals surface area contributed by atoms with Crippen molar-refractivity contribution in [2.75, 3.05) is 13.6 Å². The van der Waals surface area contributed by atoms with E-state index in [1.165, 1.54) is 21.1 Å². The molecule has 0 radical (unpaired) electrons.